The van der Waals surface area contributed by atoms with Gasteiger partial charge in [-0.3, -0.25) is 0 Å². The smallest absolute Gasteiger partial charge is 0.222 e. The first kappa shape index (κ1) is 13.6. The van der Waals surface area contributed by atoms with Crippen molar-refractivity contribution in [1.29, 1.82) is 0 Å². The topological polar surface area (TPSA) is 76.3 Å². The van der Waals surface area contributed by atoms with Crippen molar-refractivity contribution in [1.82, 2.24) is 15.3 Å². The van der Waals surface area contributed by atoms with Gasteiger partial charge in [-0.2, -0.15) is 4.98 Å². The third-order valence-electron chi connectivity index (χ3n) is 4.39. The molecule has 0 saturated carbocycles. The Balaban J connectivity index is 1.89. The Labute approximate surface area is 119 Å². The van der Waals surface area contributed by atoms with Crippen LogP contribution < -0.4 is 16.0 Å². The Morgan fingerprint density at radius 1 is 1.25 bits per heavy atom. The summed E-state index contributed by atoms with van der Waals surface area (Å²) in [6.45, 7) is 7.76. The third-order valence-corrected chi connectivity index (χ3v) is 4.39. The Hall–Kier alpha value is -1.40. The summed E-state index contributed by atoms with van der Waals surface area (Å²) >= 11 is 0. The van der Waals surface area contributed by atoms with Crippen LogP contribution in [0.4, 0.5) is 11.8 Å². The van der Waals surface area contributed by atoms with Gasteiger partial charge in [0.15, 0.2) is 0 Å². The molecule has 3 rings (SSSR count). The Bertz CT molecular complexity index is 467. The fourth-order valence-electron chi connectivity index (χ4n) is 2.90. The van der Waals surface area contributed by atoms with Gasteiger partial charge >= 0.3 is 0 Å². The number of aromatic nitrogens is 2. The molecule has 2 saturated heterocycles. The maximum Gasteiger partial charge on any atom is 0.222 e. The molecule has 0 radical (unpaired) electrons. The predicted octanol–water partition coefficient (Wildman–Crippen LogP) is 0.537. The fourth-order valence-corrected chi connectivity index (χ4v) is 2.90. The van der Waals surface area contributed by atoms with Crippen molar-refractivity contribution in [2.75, 3.05) is 50.0 Å². The first-order chi connectivity index (χ1) is 9.67. The molecule has 3 heterocycles. The molecule has 0 unspecified atom stereocenters. The summed E-state index contributed by atoms with van der Waals surface area (Å²) in [5.41, 5.74) is 7.05. The molecule has 20 heavy (non-hydrogen) atoms. The third kappa shape index (κ3) is 2.71. The summed E-state index contributed by atoms with van der Waals surface area (Å²) in [6, 6.07) is 2.12. The first-order valence-electron chi connectivity index (χ1n) is 7.36. The van der Waals surface area contributed by atoms with Gasteiger partial charge in [0.2, 0.25) is 5.95 Å². The lowest BCUT2D eigenvalue weighted by Gasteiger charge is -2.34. The zero-order valence-electron chi connectivity index (χ0n) is 12.1. The van der Waals surface area contributed by atoms with E-state index in [-0.39, 0.29) is 5.41 Å². The van der Waals surface area contributed by atoms with E-state index >= 15 is 0 Å². The van der Waals surface area contributed by atoms with Gasteiger partial charge in [0.05, 0.1) is 5.69 Å². The highest BCUT2D eigenvalue weighted by Gasteiger charge is 2.32. The van der Waals surface area contributed by atoms with Crippen LogP contribution in [0.5, 0.6) is 0 Å². The minimum absolute atomic E-state index is 0.0537. The van der Waals surface area contributed by atoms with Crippen molar-refractivity contribution >= 4 is 11.8 Å². The number of piperazine rings is 1. The zero-order chi connectivity index (χ0) is 14.0. The second kappa shape index (κ2) is 5.54. The number of nitrogens with two attached hydrogens (primary N) is 1. The lowest BCUT2D eigenvalue weighted by Crippen LogP contribution is -2.44. The van der Waals surface area contributed by atoms with Crippen LogP contribution in [0.1, 0.15) is 25.5 Å². The predicted molar refractivity (Wildman–Crippen MR) is 78.9 cm³/mol. The summed E-state index contributed by atoms with van der Waals surface area (Å²) in [5, 5.41) is 3.35. The molecule has 0 aliphatic carbocycles. The normalized spacial score (nSPS) is 22.8. The molecule has 1 aromatic rings. The van der Waals surface area contributed by atoms with E-state index in [9.17, 15) is 0 Å². The van der Waals surface area contributed by atoms with Crippen LogP contribution in [0, 0.1) is 0 Å². The highest BCUT2D eigenvalue weighted by atomic mass is 16.5. The van der Waals surface area contributed by atoms with Crippen molar-refractivity contribution in [3.8, 4) is 0 Å². The number of hydrogen-bond acceptors (Lipinski definition) is 6. The average molecular weight is 277 g/mol. The van der Waals surface area contributed by atoms with Gasteiger partial charge in [-0.25, -0.2) is 4.98 Å². The molecule has 6 nitrogen and oxygen atoms in total. The lowest BCUT2D eigenvalue weighted by atomic mass is 9.79. The molecule has 6 heteroatoms. The maximum atomic E-state index is 5.94. The fraction of sp³-hybridized carbons (Fsp3) is 0.714. The molecule has 0 bridgehead atoms. The molecule has 2 fully saturated rings. The van der Waals surface area contributed by atoms with Crippen LogP contribution in [-0.2, 0) is 10.2 Å². The SMILES string of the molecule is CC1(c2cc(N3CCNCC3)nc(N)n2)CCOCC1. The van der Waals surface area contributed by atoms with Crippen LogP contribution >= 0.6 is 0 Å². The van der Waals surface area contributed by atoms with Gasteiger partial charge in [-0.15, -0.1) is 0 Å². The second-order valence-corrected chi connectivity index (χ2v) is 5.88. The minimum Gasteiger partial charge on any atom is -0.381 e. The van der Waals surface area contributed by atoms with E-state index in [1.807, 2.05) is 0 Å². The van der Waals surface area contributed by atoms with E-state index in [0.717, 1.165) is 63.7 Å². The van der Waals surface area contributed by atoms with Gasteiger partial charge in [0.1, 0.15) is 5.82 Å². The minimum atomic E-state index is 0.0537. The van der Waals surface area contributed by atoms with Crippen molar-refractivity contribution < 1.29 is 4.74 Å². The maximum absolute atomic E-state index is 5.94. The van der Waals surface area contributed by atoms with E-state index in [1.54, 1.807) is 0 Å². The standard InChI is InChI=1S/C14H23N5O/c1-14(2-8-20-9-3-14)11-10-12(18-13(15)17-11)19-6-4-16-5-7-19/h10,16H,2-9H2,1H3,(H2,15,17,18). The first-order valence-corrected chi connectivity index (χ1v) is 7.36. The summed E-state index contributed by atoms with van der Waals surface area (Å²) in [7, 11) is 0. The van der Waals surface area contributed by atoms with Crippen molar-refractivity contribution in [2.24, 2.45) is 0 Å². The molecule has 0 amide bonds. The molecule has 1 aromatic heterocycles. The van der Waals surface area contributed by atoms with E-state index in [2.05, 4.69) is 33.2 Å². The summed E-state index contributed by atoms with van der Waals surface area (Å²) in [5.74, 6) is 1.34. The number of hydrogen-bond donors (Lipinski definition) is 2. The van der Waals surface area contributed by atoms with Crippen LogP contribution in [0.15, 0.2) is 6.07 Å². The molecule has 2 aliphatic heterocycles. The summed E-state index contributed by atoms with van der Waals surface area (Å²) in [6.07, 6.45) is 1.98. The van der Waals surface area contributed by atoms with E-state index in [1.165, 1.54) is 0 Å². The molecule has 0 aromatic carbocycles. The molecule has 110 valence electrons. The van der Waals surface area contributed by atoms with Crippen LogP contribution in [-0.4, -0.2) is 49.4 Å². The quantitative estimate of drug-likeness (QED) is 0.821. The number of rotatable bonds is 2. The molecule has 3 N–H and O–H groups in total. The van der Waals surface area contributed by atoms with Crippen LogP contribution in [0.25, 0.3) is 0 Å². The zero-order valence-corrected chi connectivity index (χ0v) is 12.1. The highest BCUT2D eigenvalue weighted by Crippen LogP contribution is 2.34. The molecule has 0 spiro atoms. The Kier molecular flexibility index (Phi) is 3.76. The average Bonchev–Trinajstić information content (AvgIpc) is 2.48. The van der Waals surface area contributed by atoms with Gasteiger partial charge in [0.25, 0.3) is 0 Å². The Morgan fingerprint density at radius 3 is 2.65 bits per heavy atom. The van der Waals surface area contributed by atoms with Crippen molar-refractivity contribution in [3.63, 3.8) is 0 Å². The molecular formula is C14H23N5O. The highest BCUT2D eigenvalue weighted by molar-refractivity contribution is 5.45. The molecule has 2 aliphatic rings. The lowest BCUT2D eigenvalue weighted by molar-refractivity contribution is 0.0551. The number of nitrogens with zero attached hydrogens (tertiary/aromatic N) is 3. The van der Waals surface area contributed by atoms with Gasteiger partial charge in [0, 0.05) is 50.9 Å². The van der Waals surface area contributed by atoms with Crippen molar-refractivity contribution in [3.05, 3.63) is 11.8 Å². The van der Waals surface area contributed by atoms with Gasteiger partial charge < -0.3 is 20.7 Å². The Morgan fingerprint density at radius 2 is 1.95 bits per heavy atom. The van der Waals surface area contributed by atoms with E-state index < -0.39 is 0 Å². The van der Waals surface area contributed by atoms with Crippen LogP contribution in [0.3, 0.4) is 0 Å². The summed E-state index contributed by atoms with van der Waals surface area (Å²) in [4.78, 5) is 11.2. The van der Waals surface area contributed by atoms with Gasteiger partial charge in [-0.05, 0) is 12.8 Å². The van der Waals surface area contributed by atoms with Gasteiger partial charge in [-0.1, -0.05) is 6.92 Å². The van der Waals surface area contributed by atoms with E-state index in [0.29, 0.717) is 5.95 Å². The number of nitrogens with one attached hydrogen (secondary N) is 1. The number of nitrogen functional groups attached to an aromatic ring is 1. The van der Waals surface area contributed by atoms with Crippen molar-refractivity contribution in [2.45, 2.75) is 25.2 Å². The molecular weight excluding hydrogens is 254 g/mol. The number of ether oxygens (including phenoxy) is 1. The summed E-state index contributed by atoms with van der Waals surface area (Å²) < 4.78 is 5.47. The number of anilines is 2. The largest absolute Gasteiger partial charge is 0.381 e. The van der Waals surface area contributed by atoms with Crippen LogP contribution in [0.2, 0.25) is 0 Å². The monoisotopic (exact) mass is 277 g/mol. The second-order valence-electron chi connectivity index (χ2n) is 5.88. The van der Waals surface area contributed by atoms with E-state index in [4.69, 9.17) is 10.5 Å². The molecule has 0 atom stereocenters.